The van der Waals surface area contributed by atoms with Crippen molar-refractivity contribution < 1.29 is 29.1 Å². The second-order valence-electron chi connectivity index (χ2n) is 15.4. The molecule has 2 aliphatic heterocycles. The number of Topliss-reactive ketones (excluding diaryl/α,β-unsaturated/α-hetero) is 1. The van der Waals surface area contributed by atoms with Crippen LogP contribution in [0.1, 0.15) is 110 Å². The lowest BCUT2D eigenvalue weighted by atomic mass is 9.83. The molecular formula is C36H52ClN5O6. The first kappa shape index (κ1) is 36.3. The van der Waals surface area contributed by atoms with Crippen molar-refractivity contribution in [1.82, 2.24) is 20.9 Å². The number of nitrogens with zero attached hydrogens (tertiary/aromatic N) is 2. The molecule has 5 atom stereocenters. The topological polar surface area (TPSA) is 149 Å². The number of likely N-dealkylation sites (tertiary alicyclic amines) is 1. The SMILES string of the molecule is CCC[C@H](NC(=O)[C@@H]1C[C@]2(CC(c3cccc(Cl)c3)=NO2)CN1C(O)[C@@H](NC(=O)CC1CCCCC1)C(C)(C)C)C(=O)C(=O)NC1CC1. The maximum Gasteiger partial charge on any atom is 0.289 e. The van der Waals surface area contributed by atoms with Crippen LogP contribution in [0.25, 0.3) is 0 Å². The Balaban J connectivity index is 1.38. The quantitative estimate of drug-likeness (QED) is 0.227. The van der Waals surface area contributed by atoms with Crippen LogP contribution < -0.4 is 16.0 Å². The van der Waals surface area contributed by atoms with Gasteiger partial charge < -0.3 is 25.9 Å². The van der Waals surface area contributed by atoms with Crippen LogP contribution in [0.4, 0.5) is 0 Å². The van der Waals surface area contributed by atoms with Crippen molar-refractivity contribution in [3.8, 4) is 0 Å². The highest BCUT2D eigenvalue weighted by atomic mass is 35.5. The number of rotatable bonds is 13. The number of halogens is 1. The number of hydrogen-bond donors (Lipinski definition) is 4. The molecule has 2 heterocycles. The highest BCUT2D eigenvalue weighted by molar-refractivity contribution is 6.38. The molecule has 1 spiro atoms. The third kappa shape index (κ3) is 8.95. The number of oxime groups is 1. The fraction of sp³-hybridized carbons (Fsp3) is 0.694. The Morgan fingerprint density at radius 1 is 1.10 bits per heavy atom. The molecule has 5 rings (SSSR count). The maximum absolute atomic E-state index is 14.2. The number of aliphatic hydroxyl groups is 1. The van der Waals surface area contributed by atoms with E-state index < -0.39 is 53.0 Å². The minimum Gasteiger partial charge on any atom is -0.387 e. The van der Waals surface area contributed by atoms with Gasteiger partial charge in [-0.1, -0.05) is 82.3 Å². The average molecular weight is 686 g/mol. The zero-order valence-electron chi connectivity index (χ0n) is 28.7. The number of hydrogen-bond acceptors (Lipinski definition) is 8. The number of carbonyl (C=O) groups is 4. The van der Waals surface area contributed by atoms with Crippen LogP contribution in [-0.2, 0) is 24.0 Å². The first-order valence-electron chi connectivity index (χ1n) is 17.7. The van der Waals surface area contributed by atoms with Crippen molar-refractivity contribution in [3.05, 3.63) is 34.9 Å². The molecule has 3 amide bonds. The minimum absolute atomic E-state index is 0.00983. The average Bonchev–Trinajstić information content (AvgIpc) is 3.63. The van der Waals surface area contributed by atoms with Crippen LogP contribution >= 0.6 is 11.6 Å². The van der Waals surface area contributed by atoms with Crippen molar-refractivity contribution in [1.29, 1.82) is 0 Å². The van der Waals surface area contributed by atoms with Crippen LogP contribution in [0.2, 0.25) is 5.02 Å². The van der Waals surface area contributed by atoms with E-state index in [1.165, 1.54) is 6.42 Å². The number of aliphatic hydroxyl groups excluding tert-OH is 1. The molecular weight excluding hydrogens is 634 g/mol. The molecule has 1 aromatic rings. The summed E-state index contributed by atoms with van der Waals surface area (Å²) < 4.78 is 0. The van der Waals surface area contributed by atoms with E-state index in [0.29, 0.717) is 42.3 Å². The van der Waals surface area contributed by atoms with Gasteiger partial charge in [-0.15, -0.1) is 0 Å². The molecule has 48 heavy (non-hydrogen) atoms. The summed E-state index contributed by atoms with van der Waals surface area (Å²) in [5, 5.41) is 25.8. The number of amides is 3. The van der Waals surface area contributed by atoms with Crippen molar-refractivity contribution in [2.24, 2.45) is 16.5 Å². The van der Waals surface area contributed by atoms with Gasteiger partial charge >= 0.3 is 0 Å². The smallest absolute Gasteiger partial charge is 0.289 e. The number of benzene rings is 1. The number of nitrogens with one attached hydrogen (secondary N) is 3. The first-order chi connectivity index (χ1) is 22.8. The maximum atomic E-state index is 14.2. The Labute approximate surface area is 288 Å². The van der Waals surface area contributed by atoms with E-state index in [4.69, 9.17) is 16.4 Å². The largest absolute Gasteiger partial charge is 0.387 e. The van der Waals surface area contributed by atoms with E-state index in [0.717, 1.165) is 44.1 Å². The molecule has 4 aliphatic rings. The van der Waals surface area contributed by atoms with Crippen LogP contribution in [0.5, 0.6) is 0 Å². The Kier molecular flexibility index (Phi) is 11.5. The van der Waals surface area contributed by atoms with Gasteiger partial charge in [0.1, 0.15) is 6.23 Å². The number of carbonyl (C=O) groups excluding carboxylic acids is 4. The molecule has 3 fully saturated rings. The van der Waals surface area contributed by atoms with Crippen molar-refractivity contribution in [3.63, 3.8) is 0 Å². The van der Waals surface area contributed by atoms with E-state index in [2.05, 4.69) is 21.1 Å². The minimum atomic E-state index is -1.26. The third-order valence-corrected chi connectivity index (χ3v) is 10.4. The van der Waals surface area contributed by atoms with Crippen LogP contribution in [0.3, 0.4) is 0 Å². The van der Waals surface area contributed by atoms with E-state index in [9.17, 15) is 24.3 Å². The van der Waals surface area contributed by atoms with Crippen LogP contribution in [-0.4, -0.2) is 81.8 Å². The molecule has 4 N–H and O–H groups in total. The molecule has 2 saturated carbocycles. The summed E-state index contributed by atoms with van der Waals surface area (Å²) in [5.74, 6) is -1.65. The fourth-order valence-corrected chi connectivity index (χ4v) is 7.51. The van der Waals surface area contributed by atoms with Gasteiger partial charge in [0, 0.05) is 42.4 Å². The molecule has 11 nitrogen and oxygen atoms in total. The zero-order chi connectivity index (χ0) is 34.6. The van der Waals surface area contributed by atoms with Gasteiger partial charge in [0.2, 0.25) is 17.6 Å². The van der Waals surface area contributed by atoms with Gasteiger partial charge in [0.15, 0.2) is 5.60 Å². The van der Waals surface area contributed by atoms with E-state index in [-0.39, 0.29) is 24.9 Å². The summed E-state index contributed by atoms with van der Waals surface area (Å²) in [6, 6.07) is 4.67. The lowest BCUT2D eigenvalue weighted by molar-refractivity contribution is -0.142. The van der Waals surface area contributed by atoms with Gasteiger partial charge in [0.05, 0.1) is 23.8 Å². The second kappa shape index (κ2) is 15.3. The zero-order valence-corrected chi connectivity index (χ0v) is 29.5. The fourth-order valence-electron chi connectivity index (χ4n) is 7.32. The van der Waals surface area contributed by atoms with Gasteiger partial charge in [-0.2, -0.15) is 0 Å². The Morgan fingerprint density at radius 3 is 2.48 bits per heavy atom. The first-order valence-corrected chi connectivity index (χ1v) is 18.1. The van der Waals surface area contributed by atoms with Crippen LogP contribution in [0.15, 0.2) is 29.4 Å². The van der Waals surface area contributed by atoms with E-state index in [1.54, 1.807) is 17.0 Å². The predicted molar refractivity (Wildman–Crippen MR) is 183 cm³/mol. The summed E-state index contributed by atoms with van der Waals surface area (Å²) in [7, 11) is 0. The molecule has 1 saturated heterocycles. The normalized spacial score (nSPS) is 25.1. The van der Waals surface area contributed by atoms with Gasteiger partial charge in [-0.25, -0.2) is 0 Å². The molecule has 1 unspecified atom stereocenters. The molecule has 0 bridgehead atoms. The lowest BCUT2D eigenvalue weighted by Crippen LogP contribution is -2.61. The molecule has 1 aromatic carbocycles. The summed E-state index contributed by atoms with van der Waals surface area (Å²) in [6.07, 6.45) is 7.73. The third-order valence-electron chi connectivity index (χ3n) is 10.2. The Hall–Kier alpha value is -3.02. The molecule has 0 radical (unpaired) electrons. The van der Waals surface area contributed by atoms with E-state index in [1.807, 2.05) is 39.8 Å². The predicted octanol–water partition coefficient (Wildman–Crippen LogP) is 4.23. The Morgan fingerprint density at radius 2 is 1.83 bits per heavy atom. The van der Waals surface area contributed by atoms with Crippen molar-refractivity contribution in [2.45, 2.75) is 141 Å². The molecule has 0 aromatic heterocycles. The summed E-state index contributed by atoms with van der Waals surface area (Å²) in [5.41, 5.74) is -0.0314. The van der Waals surface area contributed by atoms with Gasteiger partial charge in [-0.3, -0.25) is 24.1 Å². The van der Waals surface area contributed by atoms with Gasteiger partial charge in [-0.05, 0) is 55.6 Å². The number of ketones is 1. The second-order valence-corrected chi connectivity index (χ2v) is 15.8. The van der Waals surface area contributed by atoms with Crippen LogP contribution in [0, 0.1) is 11.3 Å². The standard InChI is InChI=1S/C36H52ClN5O6/c1-5-10-26(30(44)33(46)38-25-15-16-25)39-32(45)28-20-36(19-27(41-48-36)23-13-9-14-24(37)18-23)21-42(28)34(47)31(35(2,3)4)40-29(43)17-22-11-7-6-8-12-22/h9,13-14,18,22,25-26,28,31,34,47H,5-8,10-12,15-17,19-21H2,1-4H3,(H,38,46)(H,39,45)(H,40,43)/t26-,28-,31+,34?,36+/m0/s1. The van der Waals surface area contributed by atoms with Crippen molar-refractivity contribution in [2.75, 3.05) is 6.54 Å². The highest BCUT2D eigenvalue weighted by Gasteiger charge is 2.56. The molecule has 264 valence electrons. The highest BCUT2D eigenvalue weighted by Crippen LogP contribution is 2.41. The molecule has 12 heteroatoms. The summed E-state index contributed by atoms with van der Waals surface area (Å²) in [6.45, 7) is 7.88. The monoisotopic (exact) mass is 685 g/mol. The molecule has 2 aliphatic carbocycles. The summed E-state index contributed by atoms with van der Waals surface area (Å²) in [4.78, 5) is 61.1. The van der Waals surface area contributed by atoms with Crippen molar-refractivity contribution >= 4 is 40.8 Å². The van der Waals surface area contributed by atoms with Gasteiger partial charge in [0.25, 0.3) is 5.91 Å². The summed E-state index contributed by atoms with van der Waals surface area (Å²) >= 11 is 6.26. The van der Waals surface area contributed by atoms with E-state index >= 15 is 0 Å². The lowest BCUT2D eigenvalue weighted by Gasteiger charge is -2.41. The Bertz CT molecular complexity index is 1390.